The Morgan fingerprint density at radius 1 is 1.35 bits per heavy atom. The van der Waals surface area contributed by atoms with Crippen molar-refractivity contribution in [3.05, 3.63) is 23.8 Å². The normalized spacial score (nSPS) is 16.6. The first-order valence-electron chi connectivity index (χ1n) is 5.41. The fourth-order valence-corrected chi connectivity index (χ4v) is 2.34. The van der Waals surface area contributed by atoms with E-state index in [1.165, 1.54) is 7.05 Å². The van der Waals surface area contributed by atoms with Gasteiger partial charge in [0, 0.05) is 5.69 Å². The monoisotopic (exact) mass is 256 g/mol. The van der Waals surface area contributed by atoms with E-state index < -0.39 is 10.0 Å². The van der Waals surface area contributed by atoms with Crippen LogP contribution in [0.5, 0.6) is 0 Å². The van der Waals surface area contributed by atoms with Crippen molar-refractivity contribution in [3.63, 3.8) is 0 Å². The van der Waals surface area contributed by atoms with E-state index in [-0.39, 0.29) is 10.9 Å². The Morgan fingerprint density at radius 2 is 2.06 bits per heavy atom. The van der Waals surface area contributed by atoms with E-state index >= 15 is 0 Å². The summed E-state index contributed by atoms with van der Waals surface area (Å²) in [4.78, 5) is 0.272. The third-order valence-electron chi connectivity index (χ3n) is 2.79. The van der Waals surface area contributed by atoms with E-state index in [0.29, 0.717) is 13.2 Å². The highest BCUT2D eigenvalue weighted by molar-refractivity contribution is 7.89. The lowest BCUT2D eigenvalue weighted by molar-refractivity contribution is 0.0211. The molecule has 1 aliphatic heterocycles. The number of nitrogens with one attached hydrogen (secondary N) is 2. The molecule has 1 aliphatic rings. The molecule has 1 heterocycles. The Labute approximate surface area is 101 Å². The van der Waals surface area contributed by atoms with Crippen molar-refractivity contribution in [3.8, 4) is 0 Å². The molecule has 1 aromatic rings. The first-order valence-corrected chi connectivity index (χ1v) is 6.90. The van der Waals surface area contributed by atoms with Gasteiger partial charge in [-0.3, -0.25) is 0 Å². The topological polar surface area (TPSA) is 67.4 Å². The second-order valence-electron chi connectivity index (χ2n) is 4.06. The van der Waals surface area contributed by atoms with Crippen molar-refractivity contribution in [2.24, 2.45) is 0 Å². The van der Waals surface area contributed by atoms with Crippen LogP contribution in [0.2, 0.25) is 0 Å². The summed E-state index contributed by atoms with van der Waals surface area (Å²) < 4.78 is 30.7. The van der Waals surface area contributed by atoms with Crippen molar-refractivity contribution in [1.29, 1.82) is 0 Å². The van der Waals surface area contributed by atoms with Gasteiger partial charge < -0.3 is 10.1 Å². The highest BCUT2D eigenvalue weighted by Crippen LogP contribution is 2.22. The van der Waals surface area contributed by atoms with Crippen molar-refractivity contribution in [1.82, 2.24) is 4.72 Å². The summed E-state index contributed by atoms with van der Waals surface area (Å²) in [5.74, 6) is 0. The summed E-state index contributed by atoms with van der Waals surface area (Å²) in [6.07, 6.45) is 0. The quantitative estimate of drug-likeness (QED) is 0.832. The minimum Gasteiger partial charge on any atom is -0.377 e. The molecular formula is C11H16N2O3S. The molecule has 0 spiro atoms. The fourth-order valence-electron chi connectivity index (χ4n) is 1.58. The zero-order chi connectivity index (χ0) is 12.5. The van der Waals surface area contributed by atoms with Crippen LogP contribution in [0.4, 0.5) is 5.69 Å². The van der Waals surface area contributed by atoms with Gasteiger partial charge in [0.05, 0.1) is 24.2 Å². The van der Waals surface area contributed by atoms with Crippen molar-refractivity contribution < 1.29 is 13.2 Å². The van der Waals surface area contributed by atoms with E-state index in [0.717, 1.165) is 11.3 Å². The predicted molar refractivity (Wildman–Crippen MR) is 65.7 cm³/mol. The Kier molecular flexibility index (Phi) is 3.37. The fraction of sp³-hybridized carbons (Fsp3) is 0.455. The molecule has 0 unspecified atom stereocenters. The van der Waals surface area contributed by atoms with Gasteiger partial charge in [0.25, 0.3) is 0 Å². The standard InChI is InChI=1S/C11H16N2O3S/c1-8-3-4-10(17(14,15)12-2)5-11(8)13-9-6-16-7-9/h3-5,9,12-13H,6-7H2,1-2H3. The van der Waals surface area contributed by atoms with Gasteiger partial charge >= 0.3 is 0 Å². The molecule has 2 N–H and O–H groups in total. The average molecular weight is 256 g/mol. The number of sulfonamides is 1. The van der Waals surface area contributed by atoms with Crippen LogP contribution >= 0.6 is 0 Å². The number of hydrogen-bond acceptors (Lipinski definition) is 4. The summed E-state index contributed by atoms with van der Waals surface area (Å²) in [5, 5.41) is 3.27. The van der Waals surface area contributed by atoms with Gasteiger partial charge in [-0.1, -0.05) is 6.07 Å². The largest absolute Gasteiger partial charge is 0.377 e. The molecule has 0 atom stereocenters. The van der Waals surface area contributed by atoms with Crippen LogP contribution in [0.25, 0.3) is 0 Å². The number of aryl methyl sites for hydroxylation is 1. The lowest BCUT2D eigenvalue weighted by Crippen LogP contribution is -2.40. The van der Waals surface area contributed by atoms with Crippen LogP contribution in [0, 0.1) is 6.92 Å². The number of anilines is 1. The number of ether oxygens (including phenoxy) is 1. The summed E-state index contributed by atoms with van der Waals surface area (Å²) in [5.41, 5.74) is 1.86. The third kappa shape index (κ3) is 2.59. The van der Waals surface area contributed by atoms with Crippen LogP contribution < -0.4 is 10.0 Å². The van der Waals surface area contributed by atoms with Gasteiger partial charge in [-0.05, 0) is 31.7 Å². The van der Waals surface area contributed by atoms with E-state index in [1.54, 1.807) is 18.2 Å². The van der Waals surface area contributed by atoms with Crippen LogP contribution in [0.15, 0.2) is 23.1 Å². The van der Waals surface area contributed by atoms with Gasteiger partial charge in [-0.15, -0.1) is 0 Å². The van der Waals surface area contributed by atoms with Crippen molar-refractivity contribution in [2.45, 2.75) is 17.9 Å². The second-order valence-corrected chi connectivity index (χ2v) is 5.95. The maximum Gasteiger partial charge on any atom is 0.240 e. The number of rotatable bonds is 4. The smallest absolute Gasteiger partial charge is 0.240 e. The first kappa shape index (κ1) is 12.3. The van der Waals surface area contributed by atoms with E-state index in [2.05, 4.69) is 10.0 Å². The van der Waals surface area contributed by atoms with Gasteiger partial charge in [0.1, 0.15) is 0 Å². The summed E-state index contributed by atoms with van der Waals surface area (Å²) in [6.45, 7) is 3.28. The Balaban J connectivity index is 2.28. The summed E-state index contributed by atoms with van der Waals surface area (Å²) in [7, 11) is -1.98. The van der Waals surface area contributed by atoms with Crippen molar-refractivity contribution in [2.75, 3.05) is 25.6 Å². The number of hydrogen-bond donors (Lipinski definition) is 2. The molecule has 1 fully saturated rings. The maximum absolute atomic E-state index is 11.7. The highest BCUT2D eigenvalue weighted by atomic mass is 32.2. The Morgan fingerprint density at radius 3 is 2.59 bits per heavy atom. The molecular weight excluding hydrogens is 240 g/mol. The van der Waals surface area contributed by atoms with Crippen molar-refractivity contribution >= 4 is 15.7 Å². The van der Waals surface area contributed by atoms with E-state index in [4.69, 9.17) is 4.74 Å². The summed E-state index contributed by atoms with van der Waals surface area (Å²) >= 11 is 0. The molecule has 2 rings (SSSR count). The van der Waals surface area contributed by atoms with E-state index in [9.17, 15) is 8.42 Å². The lowest BCUT2D eigenvalue weighted by atomic mass is 10.1. The molecule has 0 bridgehead atoms. The van der Waals surface area contributed by atoms with Crippen LogP contribution in [-0.4, -0.2) is 34.7 Å². The van der Waals surface area contributed by atoms with Gasteiger partial charge in [-0.25, -0.2) is 13.1 Å². The molecule has 1 aromatic carbocycles. The van der Waals surface area contributed by atoms with Crippen LogP contribution in [-0.2, 0) is 14.8 Å². The molecule has 0 radical (unpaired) electrons. The predicted octanol–water partition coefficient (Wildman–Crippen LogP) is 0.714. The Hall–Kier alpha value is -1.11. The van der Waals surface area contributed by atoms with Crippen LogP contribution in [0.1, 0.15) is 5.56 Å². The minimum atomic E-state index is -3.38. The third-order valence-corrected chi connectivity index (χ3v) is 4.20. The molecule has 17 heavy (non-hydrogen) atoms. The molecule has 0 aromatic heterocycles. The van der Waals surface area contributed by atoms with Gasteiger partial charge in [-0.2, -0.15) is 0 Å². The molecule has 6 heteroatoms. The Bertz CT molecular complexity index is 509. The van der Waals surface area contributed by atoms with Gasteiger partial charge in [0.2, 0.25) is 10.0 Å². The molecule has 5 nitrogen and oxygen atoms in total. The van der Waals surface area contributed by atoms with Gasteiger partial charge in [0.15, 0.2) is 0 Å². The van der Waals surface area contributed by atoms with E-state index in [1.807, 2.05) is 6.92 Å². The SMILES string of the molecule is CNS(=O)(=O)c1ccc(C)c(NC2COC2)c1. The second kappa shape index (κ2) is 4.64. The minimum absolute atomic E-state index is 0.272. The molecule has 0 saturated carbocycles. The molecule has 1 saturated heterocycles. The molecule has 94 valence electrons. The lowest BCUT2D eigenvalue weighted by Gasteiger charge is -2.28. The average Bonchev–Trinajstić information content (AvgIpc) is 2.25. The highest BCUT2D eigenvalue weighted by Gasteiger charge is 2.20. The maximum atomic E-state index is 11.7. The molecule has 0 amide bonds. The zero-order valence-corrected chi connectivity index (χ0v) is 10.7. The van der Waals surface area contributed by atoms with Crippen LogP contribution in [0.3, 0.4) is 0 Å². The zero-order valence-electron chi connectivity index (χ0n) is 9.86. The molecule has 0 aliphatic carbocycles. The summed E-state index contributed by atoms with van der Waals surface area (Å²) in [6, 6.07) is 5.33. The number of benzene rings is 1. The first-order chi connectivity index (χ1) is 8.03.